The van der Waals surface area contributed by atoms with E-state index >= 15 is 0 Å². The number of rotatable bonds is 3. The van der Waals surface area contributed by atoms with Gasteiger partial charge in [0, 0.05) is 10.4 Å². The van der Waals surface area contributed by atoms with Gasteiger partial charge >= 0.3 is 0 Å². The summed E-state index contributed by atoms with van der Waals surface area (Å²) in [6.45, 7) is 0. The Kier molecular flexibility index (Phi) is 4.06. The van der Waals surface area contributed by atoms with E-state index in [9.17, 15) is 5.11 Å². The monoisotopic (exact) mass is 248 g/mol. The van der Waals surface area contributed by atoms with Gasteiger partial charge in [-0.15, -0.1) is 0 Å². The zero-order valence-electron chi connectivity index (χ0n) is 6.50. The molecule has 0 aromatic heterocycles. The highest BCUT2D eigenvalue weighted by Gasteiger charge is 2.04. The summed E-state index contributed by atoms with van der Waals surface area (Å²) in [4.78, 5) is 0. The molecule has 1 aromatic rings. The number of hydrogen-bond acceptors (Lipinski definition) is 1. The van der Waals surface area contributed by atoms with E-state index in [1.165, 1.54) is 0 Å². The first-order valence-corrected chi connectivity index (χ1v) is 5.23. The van der Waals surface area contributed by atoms with Crippen molar-refractivity contribution in [2.45, 2.75) is 12.5 Å². The maximum Gasteiger partial charge on any atom is 0.0798 e. The molecule has 1 nitrogen and oxygen atoms in total. The molecular weight excluding hydrogens is 239 g/mol. The predicted molar refractivity (Wildman–Crippen MR) is 54.8 cm³/mol. The van der Waals surface area contributed by atoms with Gasteiger partial charge in [-0.2, -0.15) is 0 Å². The zero-order valence-corrected chi connectivity index (χ0v) is 8.85. The molecule has 1 unspecified atom stereocenters. The van der Waals surface area contributed by atoms with Gasteiger partial charge in [0.1, 0.15) is 0 Å². The van der Waals surface area contributed by atoms with Gasteiger partial charge in [-0.05, 0) is 24.1 Å². The number of alkyl halides is 1. The van der Waals surface area contributed by atoms with Crippen molar-refractivity contribution in [1.29, 1.82) is 0 Å². The molecule has 1 atom stereocenters. The van der Waals surface area contributed by atoms with Gasteiger partial charge < -0.3 is 5.11 Å². The molecule has 0 heterocycles. The molecule has 0 spiro atoms. The molecule has 0 aliphatic heterocycles. The van der Waals surface area contributed by atoms with Crippen LogP contribution in [0.15, 0.2) is 24.3 Å². The van der Waals surface area contributed by atoms with E-state index in [1.54, 1.807) is 12.1 Å². The molecule has 66 valence electrons. The van der Waals surface area contributed by atoms with Crippen molar-refractivity contribution in [1.82, 2.24) is 0 Å². The average molecular weight is 250 g/mol. The molecule has 0 fully saturated rings. The molecule has 1 N–H and O–H groups in total. The average Bonchev–Trinajstić information content (AvgIpc) is 2.06. The summed E-state index contributed by atoms with van der Waals surface area (Å²) < 4.78 is 0. The zero-order chi connectivity index (χ0) is 8.97. The summed E-state index contributed by atoms with van der Waals surface area (Å²) in [5.41, 5.74) is 0.916. The van der Waals surface area contributed by atoms with Gasteiger partial charge in [0.25, 0.3) is 0 Å². The minimum absolute atomic E-state index is 0.387. The maximum atomic E-state index is 9.54. The van der Waals surface area contributed by atoms with Crippen molar-refractivity contribution in [3.63, 3.8) is 0 Å². The van der Waals surface area contributed by atoms with Crippen LogP contribution in [-0.2, 0) is 0 Å². The lowest BCUT2D eigenvalue weighted by molar-refractivity contribution is 0.175. The van der Waals surface area contributed by atoms with Crippen molar-refractivity contribution in [2.24, 2.45) is 0 Å². The first-order valence-electron chi connectivity index (χ1n) is 3.73. The molecule has 1 rings (SSSR count). The van der Waals surface area contributed by atoms with Gasteiger partial charge in [0.05, 0.1) is 6.10 Å². The second kappa shape index (κ2) is 4.85. The van der Waals surface area contributed by atoms with Gasteiger partial charge in [-0.3, -0.25) is 0 Å². The fourth-order valence-corrected chi connectivity index (χ4v) is 1.51. The summed E-state index contributed by atoms with van der Waals surface area (Å²) in [5.74, 6) is 0. The van der Waals surface area contributed by atoms with Crippen LogP contribution in [0.3, 0.4) is 0 Å². The Morgan fingerprint density at radius 1 is 1.33 bits per heavy atom. The summed E-state index contributed by atoms with van der Waals surface area (Å²) in [6, 6.07) is 7.26. The SMILES string of the molecule is OC(CCBr)c1ccc(Cl)cc1. The van der Waals surface area contributed by atoms with E-state index in [0.717, 1.165) is 17.3 Å². The first-order chi connectivity index (χ1) is 5.74. The van der Waals surface area contributed by atoms with Crippen molar-refractivity contribution in [3.05, 3.63) is 34.9 Å². The number of aliphatic hydroxyl groups is 1. The van der Waals surface area contributed by atoms with E-state index in [0.29, 0.717) is 5.02 Å². The molecule has 1 aromatic carbocycles. The molecule has 0 aliphatic carbocycles. The smallest absolute Gasteiger partial charge is 0.0798 e. The molecule has 0 saturated carbocycles. The van der Waals surface area contributed by atoms with E-state index in [1.807, 2.05) is 12.1 Å². The largest absolute Gasteiger partial charge is 0.388 e. The fourth-order valence-electron chi connectivity index (χ4n) is 0.955. The van der Waals surface area contributed by atoms with Gasteiger partial charge in [0.2, 0.25) is 0 Å². The standard InChI is InChI=1S/C9H10BrClO/c10-6-5-9(12)7-1-3-8(11)4-2-7/h1-4,9,12H,5-6H2. The molecule has 12 heavy (non-hydrogen) atoms. The molecule has 0 aliphatic rings. The third-order valence-electron chi connectivity index (χ3n) is 1.64. The van der Waals surface area contributed by atoms with E-state index in [2.05, 4.69) is 15.9 Å². The number of halogens is 2. The quantitative estimate of drug-likeness (QED) is 0.816. The van der Waals surface area contributed by atoms with Crippen molar-refractivity contribution in [2.75, 3.05) is 5.33 Å². The van der Waals surface area contributed by atoms with Gasteiger partial charge in [0.15, 0.2) is 0 Å². The minimum atomic E-state index is -0.387. The van der Waals surface area contributed by atoms with E-state index < -0.39 is 0 Å². The maximum absolute atomic E-state index is 9.54. The molecule has 0 amide bonds. The third-order valence-corrected chi connectivity index (χ3v) is 2.35. The number of hydrogen-bond donors (Lipinski definition) is 1. The highest BCUT2D eigenvalue weighted by atomic mass is 79.9. The minimum Gasteiger partial charge on any atom is -0.388 e. The lowest BCUT2D eigenvalue weighted by Crippen LogP contribution is -1.96. The first kappa shape index (κ1) is 10.0. The fraction of sp³-hybridized carbons (Fsp3) is 0.333. The second-order valence-corrected chi connectivity index (χ2v) is 3.77. The summed E-state index contributed by atoms with van der Waals surface area (Å²) in [6.07, 6.45) is 0.336. The lowest BCUT2D eigenvalue weighted by atomic mass is 10.1. The highest BCUT2D eigenvalue weighted by Crippen LogP contribution is 2.19. The normalized spacial score (nSPS) is 12.9. The summed E-state index contributed by atoms with van der Waals surface area (Å²) in [7, 11) is 0. The van der Waals surface area contributed by atoms with Crippen LogP contribution in [0.25, 0.3) is 0 Å². The van der Waals surface area contributed by atoms with Crippen molar-refractivity contribution in [3.8, 4) is 0 Å². The number of aliphatic hydroxyl groups excluding tert-OH is 1. The predicted octanol–water partition coefficient (Wildman–Crippen LogP) is 3.16. The van der Waals surface area contributed by atoms with Crippen molar-refractivity contribution >= 4 is 27.5 Å². The van der Waals surface area contributed by atoms with Gasteiger partial charge in [-0.1, -0.05) is 39.7 Å². The van der Waals surface area contributed by atoms with Crippen molar-refractivity contribution < 1.29 is 5.11 Å². The Balaban J connectivity index is 2.68. The van der Waals surface area contributed by atoms with Gasteiger partial charge in [-0.25, -0.2) is 0 Å². The van der Waals surface area contributed by atoms with Crippen LogP contribution in [0, 0.1) is 0 Å². The highest BCUT2D eigenvalue weighted by molar-refractivity contribution is 9.09. The van der Waals surface area contributed by atoms with E-state index in [-0.39, 0.29) is 6.10 Å². The van der Waals surface area contributed by atoms with Crippen LogP contribution in [0.1, 0.15) is 18.1 Å². The Bertz CT molecular complexity index is 235. The Morgan fingerprint density at radius 3 is 2.42 bits per heavy atom. The van der Waals surface area contributed by atoms with Crippen LogP contribution in [0.5, 0.6) is 0 Å². The Morgan fingerprint density at radius 2 is 1.92 bits per heavy atom. The molecule has 0 radical (unpaired) electrons. The lowest BCUT2D eigenvalue weighted by Gasteiger charge is -2.08. The Labute approximate surface area is 85.5 Å². The second-order valence-electron chi connectivity index (χ2n) is 2.55. The summed E-state index contributed by atoms with van der Waals surface area (Å²) >= 11 is 8.98. The van der Waals surface area contributed by atoms with Crippen LogP contribution in [0.2, 0.25) is 5.02 Å². The molecule has 0 saturated heterocycles. The summed E-state index contributed by atoms with van der Waals surface area (Å²) in [5, 5.41) is 11.0. The van der Waals surface area contributed by atoms with Crippen LogP contribution < -0.4 is 0 Å². The van der Waals surface area contributed by atoms with Crippen LogP contribution >= 0.6 is 27.5 Å². The number of benzene rings is 1. The topological polar surface area (TPSA) is 20.2 Å². The van der Waals surface area contributed by atoms with E-state index in [4.69, 9.17) is 11.6 Å². The van der Waals surface area contributed by atoms with Crippen LogP contribution in [0.4, 0.5) is 0 Å². The molecule has 3 heteroatoms. The third kappa shape index (κ3) is 2.77. The Hall–Kier alpha value is -0.0500. The van der Waals surface area contributed by atoms with Crippen LogP contribution in [-0.4, -0.2) is 10.4 Å². The molecular formula is C9H10BrClO. The molecule has 0 bridgehead atoms.